The van der Waals surface area contributed by atoms with Crippen molar-refractivity contribution in [2.24, 2.45) is 0 Å². The van der Waals surface area contributed by atoms with E-state index in [-0.39, 0.29) is 17.4 Å². The summed E-state index contributed by atoms with van der Waals surface area (Å²) in [4.78, 5) is 27.2. The van der Waals surface area contributed by atoms with Gasteiger partial charge < -0.3 is 15.4 Å². The van der Waals surface area contributed by atoms with E-state index in [2.05, 4.69) is 10.3 Å². The number of carbonyl (C=O) groups is 1. The van der Waals surface area contributed by atoms with Crippen LogP contribution in [-0.2, 0) is 0 Å². The average Bonchev–Trinajstić information content (AvgIpc) is 2.55. The first-order valence-corrected chi connectivity index (χ1v) is 7.27. The largest absolute Gasteiger partial charge is 0.506 e. The predicted molar refractivity (Wildman–Crippen MR) is 88.6 cm³/mol. The van der Waals surface area contributed by atoms with E-state index in [0.717, 1.165) is 5.56 Å². The number of aromatic nitrogens is 1. The van der Waals surface area contributed by atoms with Crippen molar-refractivity contribution < 1.29 is 9.90 Å². The Morgan fingerprint density at radius 1 is 1.09 bits per heavy atom. The first kappa shape index (κ1) is 14.8. The fourth-order valence-corrected chi connectivity index (χ4v) is 2.53. The van der Waals surface area contributed by atoms with Gasteiger partial charge >= 0.3 is 0 Å². The van der Waals surface area contributed by atoms with Gasteiger partial charge in [0.15, 0.2) is 0 Å². The van der Waals surface area contributed by atoms with Crippen LogP contribution in [-0.4, -0.2) is 16.0 Å². The molecule has 2 aromatic carbocycles. The smallest absolute Gasteiger partial charge is 0.265 e. The highest BCUT2D eigenvalue weighted by molar-refractivity contribution is 6.02. The molecule has 0 saturated carbocycles. The number of hydrogen-bond donors (Lipinski definition) is 3. The number of benzene rings is 2. The molecule has 1 heterocycles. The number of fused-ring (bicyclic) bond motifs is 1. The standard InChI is InChI=1S/C18H16N2O3/c1-11(12-7-3-2-4-8-12)19-17(22)15-16(21)13-9-5-6-10-14(13)20-18(15)23/h2-11H,1H3,(H,19,22)(H2,20,21,23)/t11-/m0/s1. The number of aromatic hydroxyl groups is 1. The Morgan fingerprint density at radius 2 is 1.74 bits per heavy atom. The summed E-state index contributed by atoms with van der Waals surface area (Å²) in [5.41, 5.74) is 0.519. The summed E-state index contributed by atoms with van der Waals surface area (Å²) in [6.07, 6.45) is 0. The molecule has 0 unspecified atom stereocenters. The minimum Gasteiger partial charge on any atom is -0.506 e. The van der Waals surface area contributed by atoms with Gasteiger partial charge in [-0.1, -0.05) is 42.5 Å². The van der Waals surface area contributed by atoms with E-state index in [1.54, 1.807) is 24.3 Å². The van der Waals surface area contributed by atoms with Crippen molar-refractivity contribution in [1.29, 1.82) is 0 Å². The average molecular weight is 308 g/mol. The fraction of sp³-hybridized carbons (Fsp3) is 0.111. The number of nitrogens with one attached hydrogen (secondary N) is 2. The van der Waals surface area contributed by atoms with Crippen LogP contribution < -0.4 is 10.9 Å². The van der Waals surface area contributed by atoms with Crippen LogP contribution in [0.15, 0.2) is 59.4 Å². The van der Waals surface area contributed by atoms with Crippen molar-refractivity contribution in [3.8, 4) is 5.75 Å². The molecule has 1 aromatic heterocycles. The van der Waals surface area contributed by atoms with E-state index in [4.69, 9.17) is 0 Å². The molecular formula is C18H16N2O3. The number of pyridine rings is 1. The van der Waals surface area contributed by atoms with Crippen LogP contribution in [0.25, 0.3) is 10.9 Å². The molecule has 0 aliphatic rings. The second-order valence-corrected chi connectivity index (χ2v) is 5.33. The zero-order valence-electron chi connectivity index (χ0n) is 12.5. The third-order valence-electron chi connectivity index (χ3n) is 3.77. The summed E-state index contributed by atoms with van der Waals surface area (Å²) in [6.45, 7) is 1.82. The van der Waals surface area contributed by atoms with Crippen molar-refractivity contribution >= 4 is 16.8 Å². The fourth-order valence-electron chi connectivity index (χ4n) is 2.53. The number of aromatic amines is 1. The van der Waals surface area contributed by atoms with Crippen molar-refractivity contribution in [3.63, 3.8) is 0 Å². The van der Waals surface area contributed by atoms with Crippen molar-refractivity contribution in [2.75, 3.05) is 0 Å². The molecule has 5 nitrogen and oxygen atoms in total. The number of para-hydroxylation sites is 1. The van der Waals surface area contributed by atoms with E-state index in [1.807, 2.05) is 37.3 Å². The van der Waals surface area contributed by atoms with Gasteiger partial charge in [0, 0.05) is 5.39 Å². The molecule has 0 bridgehead atoms. The molecule has 0 spiro atoms. The Hall–Kier alpha value is -3.08. The summed E-state index contributed by atoms with van der Waals surface area (Å²) < 4.78 is 0. The van der Waals surface area contributed by atoms with Crippen molar-refractivity contribution in [3.05, 3.63) is 76.1 Å². The van der Waals surface area contributed by atoms with Crippen LogP contribution in [0, 0.1) is 0 Å². The molecule has 1 amide bonds. The zero-order valence-corrected chi connectivity index (χ0v) is 12.5. The van der Waals surface area contributed by atoms with Gasteiger partial charge in [0.2, 0.25) is 0 Å². The molecule has 3 rings (SSSR count). The van der Waals surface area contributed by atoms with Gasteiger partial charge in [-0.05, 0) is 24.6 Å². The lowest BCUT2D eigenvalue weighted by molar-refractivity contribution is 0.0936. The van der Waals surface area contributed by atoms with Crippen LogP contribution in [0.2, 0.25) is 0 Å². The summed E-state index contributed by atoms with van der Waals surface area (Å²) >= 11 is 0. The molecule has 0 fully saturated rings. The van der Waals surface area contributed by atoms with E-state index >= 15 is 0 Å². The summed E-state index contributed by atoms with van der Waals surface area (Å²) in [7, 11) is 0. The molecule has 23 heavy (non-hydrogen) atoms. The van der Waals surface area contributed by atoms with Gasteiger partial charge in [-0.15, -0.1) is 0 Å². The summed E-state index contributed by atoms with van der Waals surface area (Å²) in [5.74, 6) is -0.909. The van der Waals surface area contributed by atoms with Crippen LogP contribution >= 0.6 is 0 Å². The third kappa shape index (κ3) is 2.81. The highest BCUT2D eigenvalue weighted by atomic mass is 16.3. The predicted octanol–water partition coefficient (Wildman–Crippen LogP) is 2.72. The maximum Gasteiger partial charge on any atom is 0.265 e. The molecule has 0 aliphatic carbocycles. The maximum atomic E-state index is 12.4. The van der Waals surface area contributed by atoms with E-state index in [0.29, 0.717) is 10.9 Å². The summed E-state index contributed by atoms with van der Waals surface area (Å²) in [6, 6.07) is 15.9. The quantitative estimate of drug-likeness (QED) is 0.696. The Kier molecular flexibility index (Phi) is 3.85. The Labute approximate surface area is 132 Å². The molecule has 3 N–H and O–H groups in total. The van der Waals surface area contributed by atoms with E-state index in [9.17, 15) is 14.7 Å². The van der Waals surface area contributed by atoms with Gasteiger partial charge in [0.05, 0.1) is 11.6 Å². The number of amides is 1. The molecule has 5 heteroatoms. The van der Waals surface area contributed by atoms with E-state index in [1.165, 1.54) is 0 Å². The van der Waals surface area contributed by atoms with Gasteiger partial charge in [0.1, 0.15) is 11.3 Å². The van der Waals surface area contributed by atoms with Gasteiger partial charge in [-0.2, -0.15) is 0 Å². The second-order valence-electron chi connectivity index (χ2n) is 5.33. The van der Waals surface area contributed by atoms with Crippen LogP contribution in [0.1, 0.15) is 28.9 Å². The molecule has 116 valence electrons. The molecule has 0 radical (unpaired) electrons. The van der Waals surface area contributed by atoms with Gasteiger partial charge in [-0.25, -0.2) is 0 Å². The van der Waals surface area contributed by atoms with Crippen LogP contribution in [0.4, 0.5) is 0 Å². The normalized spacial score (nSPS) is 12.0. The second kappa shape index (κ2) is 5.96. The Bertz CT molecular complexity index is 916. The molecule has 1 atom stereocenters. The lowest BCUT2D eigenvalue weighted by Gasteiger charge is -2.15. The van der Waals surface area contributed by atoms with Crippen molar-refractivity contribution in [1.82, 2.24) is 10.3 Å². The Morgan fingerprint density at radius 3 is 2.48 bits per heavy atom. The highest BCUT2D eigenvalue weighted by Crippen LogP contribution is 2.24. The lowest BCUT2D eigenvalue weighted by Crippen LogP contribution is -2.31. The SMILES string of the molecule is C[C@H](NC(=O)c1c(O)c2ccccc2[nH]c1=O)c1ccccc1. The zero-order chi connectivity index (χ0) is 16.4. The first-order chi connectivity index (χ1) is 11.1. The topological polar surface area (TPSA) is 82.2 Å². The van der Waals surface area contributed by atoms with Crippen LogP contribution in [0.5, 0.6) is 5.75 Å². The highest BCUT2D eigenvalue weighted by Gasteiger charge is 2.20. The minimum atomic E-state index is -0.612. The Balaban J connectivity index is 1.97. The third-order valence-corrected chi connectivity index (χ3v) is 3.77. The molecule has 0 aliphatic heterocycles. The monoisotopic (exact) mass is 308 g/mol. The van der Waals surface area contributed by atoms with Gasteiger partial charge in [0.25, 0.3) is 11.5 Å². The molecule has 3 aromatic rings. The number of carbonyl (C=O) groups excluding carboxylic acids is 1. The van der Waals surface area contributed by atoms with E-state index < -0.39 is 11.5 Å². The lowest BCUT2D eigenvalue weighted by atomic mass is 10.1. The molecule has 0 saturated heterocycles. The van der Waals surface area contributed by atoms with Crippen molar-refractivity contribution in [2.45, 2.75) is 13.0 Å². The van der Waals surface area contributed by atoms with Gasteiger partial charge in [-0.3, -0.25) is 9.59 Å². The first-order valence-electron chi connectivity index (χ1n) is 7.27. The summed E-state index contributed by atoms with van der Waals surface area (Å²) in [5, 5.41) is 13.5. The minimum absolute atomic E-state index is 0.272. The number of rotatable bonds is 3. The maximum absolute atomic E-state index is 12.4. The molecular weight excluding hydrogens is 292 g/mol. The number of H-pyrrole nitrogens is 1. The van der Waals surface area contributed by atoms with Crippen LogP contribution in [0.3, 0.4) is 0 Å². The number of hydrogen-bond acceptors (Lipinski definition) is 3.